The number of aryl methyl sites for hydroxylation is 1. The van der Waals surface area contributed by atoms with Crippen LogP contribution in [0, 0.1) is 0 Å². The van der Waals surface area contributed by atoms with E-state index in [9.17, 15) is 4.79 Å². The summed E-state index contributed by atoms with van der Waals surface area (Å²) in [5, 5.41) is 0. The number of hydrogen-bond donors (Lipinski definition) is 0. The van der Waals surface area contributed by atoms with Crippen LogP contribution in [-0.4, -0.2) is 12.0 Å². The van der Waals surface area contributed by atoms with E-state index in [0.717, 1.165) is 12.8 Å². The summed E-state index contributed by atoms with van der Waals surface area (Å²) in [4.78, 5) is 10.4. The number of rotatable bonds is 14. The Labute approximate surface area is 152 Å². The molecule has 0 heterocycles. The molecule has 0 aliphatic carbocycles. The van der Waals surface area contributed by atoms with Crippen LogP contribution in [0.15, 0.2) is 30.8 Å². The van der Waals surface area contributed by atoms with Crippen molar-refractivity contribution in [2.45, 2.75) is 70.6 Å². The number of carbonyl (C=O) groups is 1. The molecule has 0 aliphatic heterocycles. The fourth-order valence-corrected chi connectivity index (χ4v) is 2.90. The number of benzene rings is 1. The van der Waals surface area contributed by atoms with Gasteiger partial charge in [0.1, 0.15) is 0 Å². The molecule has 0 aromatic heterocycles. The van der Waals surface area contributed by atoms with Gasteiger partial charge in [0.2, 0.25) is 0 Å². The molecule has 3 heteroatoms. The van der Waals surface area contributed by atoms with Crippen LogP contribution in [0.25, 0.3) is 6.08 Å². The van der Waals surface area contributed by atoms with Crippen molar-refractivity contribution in [2.24, 2.45) is 0 Å². The zero-order chi connectivity index (χ0) is 17.5. The van der Waals surface area contributed by atoms with Crippen molar-refractivity contribution in [1.82, 2.24) is 0 Å². The quantitative estimate of drug-likeness (QED) is 0.263. The molecule has 1 aromatic carbocycles. The minimum atomic E-state index is -0.691. The topological polar surface area (TPSA) is 26.3 Å². The normalized spacial score (nSPS) is 10.5. The van der Waals surface area contributed by atoms with Gasteiger partial charge in [-0.25, -0.2) is 4.79 Å². The number of carbonyl (C=O) groups excluding carboxylic acids is 1. The first-order valence-corrected chi connectivity index (χ1v) is 9.64. The molecule has 0 atom stereocenters. The van der Waals surface area contributed by atoms with Crippen molar-refractivity contribution in [3.8, 4) is 0 Å². The summed E-state index contributed by atoms with van der Waals surface area (Å²) in [6.45, 7) is 4.24. The molecule has 24 heavy (non-hydrogen) atoms. The second-order valence-corrected chi connectivity index (χ2v) is 6.63. The van der Waals surface area contributed by atoms with Crippen molar-refractivity contribution >= 4 is 23.1 Å². The van der Waals surface area contributed by atoms with Gasteiger partial charge < -0.3 is 4.74 Å². The van der Waals surface area contributed by atoms with Crippen LogP contribution in [0.5, 0.6) is 0 Å². The van der Waals surface area contributed by atoms with Crippen LogP contribution in [-0.2, 0) is 11.2 Å². The largest absolute Gasteiger partial charge is 0.454 e. The third-order valence-electron chi connectivity index (χ3n) is 4.29. The van der Waals surface area contributed by atoms with Gasteiger partial charge in [-0.2, -0.15) is 0 Å². The second-order valence-electron chi connectivity index (χ2n) is 6.32. The predicted octanol–water partition coefficient (Wildman–Crippen LogP) is 7.15. The Bertz CT molecular complexity index is 453. The van der Waals surface area contributed by atoms with Crippen LogP contribution < -0.4 is 0 Å². The zero-order valence-electron chi connectivity index (χ0n) is 14.8. The molecule has 0 aliphatic rings. The molecular weight excluding hydrogens is 320 g/mol. The number of halogens is 1. The summed E-state index contributed by atoms with van der Waals surface area (Å²) >= 11 is 5.09. The minimum Gasteiger partial charge on any atom is -0.454 e. The Kier molecular flexibility index (Phi) is 12.2. The molecule has 0 N–H and O–H groups in total. The van der Waals surface area contributed by atoms with Gasteiger partial charge in [0.05, 0.1) is 6.61 Å². The maximum Gasteiger partial charge on any atom is 0.403 e. The van der Waals surface area contributed by atoms with Gasteiger partial charge in [0.25, 0.3) is 0 Å². The van der Waals surface area contributed by atoms with E-state index in [0.29, 0.717) is 6.61 Å². The molecule has 0 bridgehead atoms. The Balaban J connectivity index is 1.83. The van der Waals surface area contributed by atoms with Gasteiger partial charge in [0.15, 0.2) is 0 Å². The number of unbranched alkanes of at least 4 members (excludes halogenated alkanes) is 9. The first-order chi connectivity index (χ1) is 11.7. The first-order valence-electron chi connectivity index (χ1n) is 9.26. The lowest BCUT2D eigenvalue weighted by molar-refractivity contribution is 0.170. The molecule has 0 unspecified atom stereocenters. The summed E-state index contributed by atoms with van der Waals surface area (Å²) in [6, 6.07) is 8.71. The van der Waals surface area contributed by atoms with E-state index in [1.807, 2.05) is 6.08 Å². The van der Waals surface area contributed by atoms with Crippen LogP contribution >= 0.6 is 11.6 Å². The lowest BCUT2D eigenvalue weighted by Crippen LogP contribution is -1.96. The van der Waals surface area contributed by atoms with Gasteiger partial charge in [-0.15, -0.1) is 0 Å². The van der Waals surface area contributed by atoms with E-state index in [4.69, 9.17) is 16.3 Å². The molecule has 0 fully saturated rings. The van der Waals surface area contributed by atoms with E-state index in [1.54, 1.807) is 0 Å². The summed E-state index contributed by atoms with van der Waals surface area (Å²) in [5.74, 6) is 0. The Morgan fingerprint density at radius 3 is 1.88 bits per heavy atom. The van der Waals surface area contributed by atoms with Crippen molar-refractivity contribution in [1.29, 1.82) is 0 Å². The Morgan fingerprint density at radius 1 is 0.875 bits per heavy atom. The molecule has 0 radical (unpaired) electrons. The van der Waals surface area contributed by atoms with Crippen molar-refractivity contribution in [2.75, 3.05) is 6.61 Å². The highest BCUT2D eigenvalue weighted by molar-refractivity contribution is 6.61. The summed E-state index contributed by atoms with van der Waals surface area (Å²) < 4.78 is 4.69. The SMILES string of the molecule is C=Cc1ccc(CCCCCCCCCCCCOC(=O)Cl)cc1. The van der Waals surface area contributed by atoms with E-state index >= 15 is 0 Å². The highest BCUT2D eigenvalue weighted by atomic mass is 35.5. The average Bonchev–Trinajstić information content (AvgIpc) is 2.59. The van der Waals surface area contributed by atoms with Crippen molar-refractivity contribution in [3.63, 3.8) is 0 Å². The third kappa shape index (κ3) is 11.3. The lowest BCUT2D eigenvalue weighted by Gasteiger charge is -2.04. The Morgan fingerprint density at radius 2 is 1.38 bits per heavy atom. The van der Waals surface area contributed by atoms with E-state index in [1.165, 1.54) is 68.9 Å². The third-order valence-corrected chi connectivity index (χ3v) is 4.40. The molecule has 0 amide bonds. The standard InChI is InChI=1S/C21H31ClO2/c1-2-19-14-16-20(17-15-19)13-11-9-7-5-3-4-6-8-10-12-18-24-21(22)23/h2,14-17H,1,3-13,18H2. The molecule has 0 spiro atoms. The van der Waals surface area contributed by atoms with Gasteiger partial charge in [0, 0.05) is 11.6 Å². The first kappa shape index (κ1) is 20.8. The molecule has 1 aromatic rings. The van der Waals surface area contributed by atoms with Crippen molar-refractivity contribution in [3.05, 3.63) is 42.0 Å². The highest BCUT2D eigenvalue weighted by Crippen LogP contribution is 2.13. The summed E-state index contributed by atoms with van der Waals surface area (Å²) in [6.07, 6.45) is 15.6. The lowest BCUT2D eigenvalue weighted by atomic mass is 10.0. The monoisotopic (exact) mass is 350 g/mol. The second kappa shape index (κ2) is 14.1. The maximum absolute atomic E-state index is 10.4. The average molecular weight is 351 g/mol. The molecule has 1 rings (SSSR count). The van der Waals surface area contributed by atoms with Crippen LogP contribution in [0.3, 0.4) is 0 Å². The van der Waals surface area contributed by atoms with Crippen LogP contribution in [0.4, 0.5) is 4.79 Å². The molecule has 2 nitrogen and oxygen atoms in total. The molecule has 0 saturated heterocycles. The van der Waals surface area contributed by atoms with Gasteiger partial charge in [-0.3, -0.25) is 0 Å². The van der Waals surface area contributed by atoms with Gasteiger partial charge in [-0.05, 0) is 30.4 Å². The fourth-order valence-electron chi connectivity index (χ4n) is 2.82. The molecule has 134 valence electrons. The van der Waals surface area contributed by atoms with E-state index < -0.39 is 5.43 Å². The van der Waals surface area contributed by atoms with Crippen molar-refractivity contribution < 1.29 is 9.53 Å². The number of hydrogen-bond acceptors (Lipinski definition) is 2. The van der Waals surface area contributed by atoms with E-state index in [-0.39, 0.29) is 0 Å². The Hall–Kier alpha value is -1.28. The van der Waals surface area contributed by atoms with Gasteiger partial charge in [-0.1, -0.05) is 88.3 Å². The maximum atomic E-state index is 10.4. The minimum absolute atomic E-state index is 0.457. The molecule has 0 saturated carbocycles. The summed E-state index contributed by atoms with van der Waals surface area (Å²) in [7, 11) is 0. The summed E-state index contributed by atoms with van der Waals surface area (Å²) in [5.41, 5.74) is 1.93. The zero-order valence-corrected chi connectivity index (χ0v) is 15.5. The fraction of sp³-hybridized carbons (Fsp3) is 0.571. The van der Waals surface area contributed by atoms with Crippen LogP contribution in [0.1, 0.15) is 75.3 Å². The number of ether oxygens (including phenoxy) is 1. The predicted molar refractivity (Wildman–Crippen MR) is 104 cm³/mol. The highest BCUT2D eigenvalue weighted by Gasteiger charge is 1.97. The molecular formula is C21H31ClO2. The van der Waals surface area contributed by atoms with E-state index in [2.05, 4.69) is 30.8 Å². The van der Waals surface area contributed by atoms with Crippen LogP contribution in [0.2, 0.25) is 0 Å². The van der Waals surface area contributed by atoms with Gasteiger partial charge >= 0.3 is 5.43 Å². The smallest absolute Gasteiger partial charge is 0.403 e.